The van der Waals surface area contributed by atoms with Crippen LogP contribution in [0.5, 0.6) is 0 Å². The largest absolute Gasteiger partial charge is 0.318 e. The fourth-order valence-electron chi connectivity index (χ4n) is 2.17. The first-order valence-corrected chi connectivity index (χ1v) is 6.57. The summed E-state index contributed by atoms with van der Waals surface area (Å²) < 4.78 is 13.3. The molecule has 0 saturated heterocycles. The molecule has 0 bridgehead atoms. The Hall–Kier alpha value is -0.540. The number of thioether (sulfide) groups is 1. The second kappa shape index (κ2) is 4.76. The SMILES string of the molecule is CNCC1(Sc2ccc(F)cc2C)CCC1. The Kier molecular flexibility index (Phi) is 3.55. The molecule has 0 amide bonds. The predicted molar refractivity (Wildman–Crippen MR) is 67.5 cm³/mol. The van der Waals surface area contributed by atoms with E-state index in [9.17, 15) is 4.39 Å². The van der Waals surface area contributed by atoms with Gasteiger partial charge in [-0.25, -0.2) is 4.39 Å². The van der Waals surface area contributed by atoms with Gasteiger partial charge in [-0.3, -0.25) is 0 Å². The monoisotopic (exact) mass is 239 g/mol. The van der Waals surface area contributed by atoms with Gasteiger partial charge in [-0.2, -0.15) is 0 Å². The van der Waals surface area contributed by atoms with Crippen molar-refractivity contribution in [2.45, 2.75) is 35.8 Å². The molecule has 0 radical (unpaired) electrons. The molecule has 0 spiro atoms. The summed E-state index contributed by atoms with van der Waals surface area (Å²) in [4.78, 5) is 1.22. The Morgan fingerprint density at radius 3 is 2.69 bits per heavy atom. The van der Waals surface area contributed by atoms with E-state index in [2.05, 4.69) is 5.32 Å². The molecule has 2 rings (SSSR count). The van der Waals surface area contributed by atoms with Gasteiger partial charge in [0.05, 0.1) is 0 Å². The van der Waals surface area contributed by atoms with Gasteiger partial charge in [0.15, 0.2) is 0 Å². The summed E-state index contributed by atoms with van der Waals surface area (Å²) in [5.41, 5.74) is 1.05. The Morgan fingerprint density at radius 1 is 1.44 bits per heavy atom. The maximum absolute atomic E-state index is 13.0. The highest BCUT2D eigenvalue weighted by Crippen LogP contribution is 2.47. The number of benzene rings is 1. The van der Waals surface area contributed by atoms with Crippen LogP contribution in [0, 0.1) is 12.7 Å². The average molecular weight is 239 g/mol. The van der Waals surface area contributed by atoms with Crippen LogP contribution in [0.1, 0.15) is 24.8 Å². The van der Waals surface area contributed by atoms with Crippen LogP contribution >= 0.6 is 11.8 Å². The minimum Gasteiger partial charge on any atom is -0.318 e. The third-order valence-electron chi connectivity index (χ3n) is 3.23. The summed E-state index contributed by atoms with van der Waals surface area (Å²) in [6.07, 6.45) is 3.83. The van der Waals surface area contributed by atoms with E-state index in [-0.39, 0.29) is 5.82 Å². The lowest BCUT2D eigenvalue weighted by molar-refractivity contribution is 0.353. The molecule has 1 aliphatic carbocycles. The van der Waals surface area contributed by atoms with Gasteiger partial charge in [-0.1, -0.05) is 6.42 Å². The van der Waals surface area contributed by atoms with Crippen molar-refractivity contribution in [2.75, 3.05) is 13.6 Å². The van der Waals surface area contributed by atoms with Crippen molar-refractivity contribution in [3.05, 3.63) is 29.6 Å². The van der Waals surface area contributed by atoms with E-state index in [4.69, 9.17) is 0 Å². The molecule has 0 heterocycles. The van der Waals surface area contributed by atoms with E-state index in [1.54, 1.807) is 12.1 Å². The minimum atomic E-state index is -0.141. The second-order valence-corrected chi connectivity index (χ2v) is 6.09. The molecule has 0 aromatic heterocycles. The minimum absolute atomic E-state index is 0.141. The Bertz CT molecular complexity index is 374. The van der Waals surface area contributed by atoms with Crippen molar-refractivity contribution in [3.8, 4) is 0 Å². The molecule has 1 nitrogen and oxygen atoms in total. The summed E-state index contributed by atoms with van der Waals surface area (Å²) in [5, 5.41) is 3.27. The fraction of sp³-hybridized carbons (Fsp3) is 0.538. The summed E-state index contributed by atoms with van der Waals surface area (Å²) in [6.45, 7) is 3.02. The summed E-state index contributed by atoms with van der Waals surface area (Å²) in [5.74, 6) is -0.141. The normalized spacial score (nSPS) is 18.2. The number of hydrogen-bond acceptors (Lipinski definition) is 2. The molecule has 3 heteroatoms. The summed E-state index contributed by atoms with van der Waals surface area (Å²) in [7, 11) is 2.00. The van der Waals surface area contributed by atoms with E-state index in [1.807, 2.05) is 31.8 Å². The number of aryl methyl sites for hydroxylation is 1. The zero-order valence-electron chi connectivity index (χ0n) is 9.85. The zero-order valence-corrected chi connectivity index (χ0v) is 10.7. The van der Waals surface area contributed by atoms with E-state index >= 15 is 0 Å². The van der Waals surface area contributed by atoms with Gasteiger partial charge in [-0.05, 0) is 50.6 Å². The summed E-state index contributed by atoms with van der Waals surface area (Å²) in [6, 6.07) is 5.08. The van der Waals surface area contributed by atoms with Crippen molar-refractivity contribution in [1.82, 2.24) is 5.32 Å². The van der Waals surface area contributed by atoms with Crippen molar-refractivity contribution in [2.24, 2.45) is 0 Å². The van der Waals surface area contributed by atoms with Crippen LogP contribution in [-0.4, -0.2) is 18.3 Å². The van der Waals surface area contributed by atoms with Gasteiger partial charge >= 0.3 is 0 Å². The van der Waals surface area contributed by atoms with E-state index in [1.165, 1.54) is 24.2 Å². The maximum atomic E-state index is 13.0. The first-order chi connectivity index (χ1) is 7.65. The van der Waals surface area contributed by atoms with Crippen molar-refractivity contribution < 1.29 is 4.39 Å². The van der Waals surface area contributed by atoms with Crippen molar-refractivity contribution in [1.29, 1.82) is 0 Å². The van der Waals surface area contributed by atoms with Crippen molar-refractivity contribution in [3.63, 3.8) is 0 Å². The molecule has 1 aromatic carbocycles. The standard InChI is InChI=1S/C13H18FNS/c1-10-8-11(14)4-5-12(10)16-13(9-15-2)6-3-7-13/h4-5,8,15H,3,6-7,9H2,1-2H3. The van der Waals surface area contributed by atoms with Gasteiger partial charge < -0.3 is 5.32 Å². The molecule has 0 unspecified atom stereocenters. The molecular weight excluding hydrogens is 221 g/mol. The highest BCUT2D eigenvalue weighted by Gasteiger charge is 2.37. The lowest BCUT2D eigenvalue weighted by Crippen LogP contribution is -2.42. The van der Waals surface area contributed by atoms with Crippen LogP contribution in [0.3, 0.4) is 0 Å². The van der Waals surface area contributed by atoms with Crippen LogP contribution in [-0.2, 0) is 0 Å². The number of hydrogen-bond donors (Lipinski definition) is 1. The average Bonchev–Trinajstić information content (AvgIpc) is 2.18. The van der Waals surface area contributed by atoms with Crippen LogP contribution in [0.2, 0.25) is 0 Å². The van der Waals surface area contributed by atoms with Crippen LogP contribution in [0.4, 0.5) is 4.39 Å². The molecule has 88 valence electrons. The zero-order chi connectivity index (χ0) is 11.6. The molecule has 1 N–H and O–H groups in total. The Balaban J connectivity index is 2.13. The number of nitrogens with one attached hydrogen (secondary N) is 1. The maximum Gasteiger partial charge on any atom is 0.123 e. The second-order valence-electron chi connectivity index (χ2n) is 4.58. The smallest absolute Gasteiger partial charge is 0.123 e. The fourth-order valence-corrected chi connectivity index (χ4v) is 3.70. The van der Waals surface area contributed by atoms with Crippen LogP contribution in [0.15, 0.2) is 23.1 Å². The first kappa shape index (κ1) is 11.9. The summed E-state index contributed by atoms with van der Waals surface area (Å²) >= 11 is 1.91. The molecule has 1 saturated carbocycles. The lowest BCUT2D eigenvalue weighted by Gasteiger charge is -2.41. The molecule has 16 heavy (non-hydrogen) atoms. The van der Waals surface area contributed by atoms with E-state index in [0.29, 0.717) is 4.75 Å². The molecule has 1 aliphatic rings. The Labute approximate surface area is 101 Å². The predicted octanol–water partition coefficient (Wildman–Crippen LogP) is 3.37. The van der Waals surface area contributed by atoms with E-state index < -0.39 is 0 Å². The van der Waals surface area contributed by atoms with Crippen LogP contribution in [0.25, 0.3) is 0 Å². The van der Waals surface area contributed by atoms with Crippen molar-refractivity contribution >= 4 is 11.8 Å². The molecule has 0 aliphatic heterocycles. The highest BCUT2D eigenvalue weighted by molar-refractivity contribution is 8.00. The van der Waals surface area contributed by atoms with Gasteiger partial charge in [0, 0.05) is 16.2 Å². The Morgan fingerprint density at radius 2 is 2.19 bits per heavy atom. The molecule has 1 aromatic rings. The van der Waals surface area contributed by atoms with Gasteiger partial charge in [0.2, 0.25) is 0 Å². The van der Waals surface area contributed by atoms with E-state index in [0.717, 1.165) is 12.1 Å². The van der Waals surface area contributed by atoms with Crippen LogP contribution < -0.4 is 5.32 Å². The highest BCUT2D eigenvalue weighted by atomic mass is 32.2. The third-order valence-corrected chi connectivity index (χ3v) is 4.89. The van der Waals surface area contributed by atoms with Gasteiger partial charge in [0.25, 0.3) is 0 Å². The first-order valence-electron chi connectivity index (χ1n) is 5.75. The number of rotatable bonds is 4. The topological polar surface area (TPSA) is 12.0 Å². The number of halogens is 1. The molecule has 0 atom stereocenters. The quantitative estimate of drug-likeness (QED) is 0.864. The lowest BCUT2D eigenvalue weighted by atomic mass is 9.84. The third kappa shape index (κ3) is 2.41. The molecular formula is C13H18FNS. The molecule has 1 fully saturated rings. The van der Waals surface area contributed by atoms with Gasteiger partial charge in [-0.15, -0.1) is 11.8 Å². The van der Waals surface area contributed by atoms with Gasteiger partial charge in [0.1, 0.15) is 5.82 Å².